The molecule has 0 aliphatic heterocycles. The summed E-state index contributed by atoms with van der Waals surface area (Å²) in [4.78, 5) is 17.1. The minimum absolute atomic E-state index is 0.118. The molecule has 0 aliphatic rings. The summed E-state index contributed by atoms with van der Waals surface area (Å²) >= 11 is 1.42. The van der Waals surface area contributed by atoms with Crippen LogP contribution in [0, 0.1) is 0 Å². The van der Waals surface area contributed by atoms with Gasteiger partial charge in [-0.3, -0.25) is 10.1 Å². The minimum atomic E-state index is -0.193. The van der Waals surface area contributed by atoms with Crippen molar-refractivity contribution in [2.24, 2.45) is 0 Å². The molecule has 0 saturated heterocycles. The molecule has 0 spiro atoms. The number of carbonyl (C=O) groups is 1. The van der Waals surface area contributed by atoms with Crippen LogP contribution in [0.4, 0.5) is 5.13 Å². The van der Waals surface area contributed by atoms with E-state index in [1.54, 1.807) is 19.2 Å². The number of fused-ring (bicyclic) bond motifs is 1. The monoisotopic (exact) mass is 446 g/mol. The van der Waals surface area contributed by atoms with Gasteiger partial charge in [0.25, 0.3) is 5.91 Å². The van der Waals surface area contributed by atoms with Gasteiger partial charge in [0.15, 0.2) is 5.13 Å². The zero-order valence-electron chi connectivity index (χ0n) is 18.6. The summed E-state index contributed by atoms with van der Waals surface area (Å²) in [5.41, 5.74) is 3.78. The summed E-state index contributed by atoms with van der Waals surface area (Å²) in [6.07, 6.45) is 0. The van der Waals surface area contributed by atoms with Gasteiger partial charge in [-0.15, -0.1) is 0 Å². The number of thiazole rings is 1. The number of amides is 1. The Morgan fingerprint density at radius 1 is 0.969 bits per heavy atom. The van der Waals surface area contributed by atoms with E-state index < -0.39 is 0 Å². The molecule has 4 aromatic rings. The first-order valence-corrected chi connectivity index (χ1v) is 11.2. The molecule has 0 unspecified atom stereocenters. The normalized spacial score (nSPS) is 11.4. The van der Waals surface area contributed by atoms with Crippen molar-refractivity contribution in [1.82, 2.24) is 4.98 Å². The van der Waals surface area contributed by atoms with Crippen LogP contribution in [0.1, 0.15) is 42.3 Å². The number of aromatic nitrogens is 1. The number of carbonyl (C=O) groups excluding carboxylic acids is 1. The molecule has 0 fully saturated rings. The number of nitrogens with one attached hydrogen (secondary N) is 1. The number of benzene rings is 3. The smallest absolute Gasteiger partial charge is 0.257 e. The fourth-order valence-corrected chi connectivity index (χ4v) is 4.11. The molecule has 1 heterocycles. The van der Waals surface area contributed by atoms with Gasteiger partial charge in [0, 0.05) is 5.56 Å². The predicted molar refractivity (Wildman–Crippen MR) is 130 cm³/mol. The summed E-state index contributed by atoms with van der Waals surface area (Å²) in [6, 6.07) is 21.2. The highest BCUT2D eigenvalue weighted by Gasteiger charge is 2.13. The van der Waals surface area contributed by atoms with Crippen molar-refractivity contribution in [3.8, 4) is 11.5 Å². The highest BCUT2D eigenvalue weighted by molar-refractivity contribution is 7.22. The minimum Gasteiger partial charge on any atom is -0.497 e. The molecule has 5 nitrogen and oxygen atoms in total. The van der Waals surface area contributed by atoms with E-state index in [0.29, 0.717) is 17.3 Å². The summed E-state index contributed by atoms with van der Waals surface area (Å²) in [5.74, 6) is 1.40. The van der Waals surface area contributed by atoms with E-state index >= 15 is 0 Å². The van der Waals surface area contributed by atoms with Gasteiger partial charge < -0.3 is 9.47 Å². The third-order valence-corrected chi connectivity index (χ3v) is 6.09. The molecule has 1 N–H and O–H groups in total. The van der Waals surface area contributed by atoms with Crippen molar-refractivity contribution in [1.29, 1.82) is 0 Å². The van der Waals surface area contributed by atoms with Crippen LogP contribution in [0.15, 0.2) is 66.7 Å². The van der Waals surface area contributed by atoms with Gasteiger partial charge in [-0.25, -0.2) is 4.98 Å². The molecule has 164 valence electrons. The zero-order valence-corrected chi connectivity index (χ0v) is 19.5. The van der Waals surface area contributed by atoms with Crippen LogP contribution in [0.2, 0.25) is 0 Å². The fraction of sp³-hybridized carbons (Fsp3) is 0.231. The molecule has 1 aromatic heterocycles. The second-order valence-electron chi connectivity index (χ2n) is 8.57. The van der Waals surface area contributed by atoms with Gasteiger partial charge in [0.2, 0.25) is 0 Å². The highest BCUT2D eigenvalue weighted by Crippen LogP contribution is 2.29. The second-order valence-corrected chi connectivity index (χ2v) is 9.60. The Bertz CT molecular complexity index is 1220. The van der Waals surface area contributed by atoms with E-state index in [2.05, 4.69) is 43.2 Å². The van der Waals surface area contributed by atoms with Gasteiger partial charge in [-0.05, 0) is 59.0 Å². The number of hydrogen-bond acceptors (Lipinski definition) is 5. The van der Waals surface area contributed by atoms with Gasteiger partial charge in [0.05, 0.1) is 17.3 Å². The first-order valence-electron chi connectivity index (χ1n) is 10.4. The SMILES string of the molecule is COc1ccc2nc(NC(=O)c3ccc(COc4ccc(C(C)(C)C)cc4)cc3)sc2c1. The Kier molecular flexibility index (Phi) is 6.15. The van der Waals surface area contributed by atoms with Crippen molar-refractivity contribution in [3.05, 3.63) is 83.4 Å². The van der Waals surface area contributed by atoms with Crippen molar-refractivity contribution < 1.29 is 14.3 Å². The van der Waals surface area contributed by atoms with Crippen molar-refractivity contribution in [3.63, 3.8) is 0 Å². The molecule has 3 aromatic carbocycles. The number of methoxy groups -OCH3 is 1. The Morgan fingerprint density at radius 2 is 1.66 bits per heavy atom. The van der Waals surface area contributed by atoms with E-state index in [1.165, 1.54) is 16.9 Å². The maximum atomic E-state index is 12.6. The lowest BCUT2D eigenvalue weighted by atomic mass is 9.87. The standard InChI is InChI=1S/C26H26N2O3S/c1-26(2,3)19-9-11-20(12-10-19)31-16-17-5-7-18(8-6-17)24(29)28-25-27-22-14-13-21(30-4)15-23(22)32-25/h5-15H,16H2,1-4H3,(H,27,28,29). The number of hydrogen-bond donors (Lipinski definition) is 1. The summed E-state index contributed by atoms with van der Waals surface area (Å²) in [5, 5.41) is 3.44. The van der Waals surface area contributed by atoms with Crippen LogP contribution in [-0.2, 0) is 12.0 Å². The van der Waals surface area contributed by atoms with E-state index in [1.807, 2.05) is 42.5 Å². The van der Waals surface area contributed by atoms with Crippen molar-refractivity contribution in [2.75, 3.05) is 12.4 Å². The number of nitrogens with zero attached hydrogens (tertiary/aromatic N) is 1. The zero-order chi connectivity index (χ0) is 22.7. The molecule has 0 atom stereocenters. The van der Waals surface area contributed by atoms with Gasteiger partial charge in [-0.2, -0.15) is 0 Å². The maximum Gasteiger partial charge on any atom is 0.257 e. The Morgan fingerprint density at radius 3 is 2.31 bits per heavy atom. The number of rotatable bonds is 6. The van der Waals surface area contributed by atoms with Gasteiger partial charge in [0.1, 0.15) is 18.1 Å². The Hall–Kier alpha value is -3.38. The average molecular weight is 447 g/mol. The molecule has 1 amide bonds. The van der Waals surface area contributed by atoms with Crippen molar-refractivity contribution in [2.45, 2.75) is 32.8 Å². The van der Waals surface area contributed by atoms with E-state index in [-0.39, 0.29) is 11.3 Å². The summed E-state index contributed by atoms with van der Waals surface area (Å²) < 4.78 is 12.1. The third-order valence-electron chi connectivity index (χ3n) is 5.16. The van der Waals surface area contributed by atoms with E-state index in [0.717, 1.165) is 27.3 Å². The van der Waals surface area contributed by atoms with Crippen LogP contribution < -0.4 is 14.8 Å². The topological polar surface area (TPSA) is 60.5 Å². The molecular weight excluding hydrogens is 420 g/mol. The molecule has 0 aliphatic carbocycles. The van der Waals surface area contributed by atoms with Crippen LogP contribution in [0.5, 0.6) is 11.5 Å². The third kappa shape index (κ3) is 5.08. The Labute approximate surface area is 192 Å². The molecule has 0 radical (unpaired) electrons. The lowest BCUT2D eigenvalue weighted by Crippen LogP contribution is -2.11. The van der Waals surface area contributed by atoms with E-state index in [9.17, 15) is 4.79 Å². The van der Waals surface area contributed by atoms with Crippen LogP contribution in [-0.4, -0.2) is 18.0 Å². The highest BCUT2D eigenvalue weighted by atomic mass is 32.1. The lowest BCUT2D eigenvalue weighted by molar-refractivity contribution is 0.102. The van der Waals surface area contributed by atoms with Crippen LogP contribution >= 0.6 is 11.3 Å². The quantitative estimate of drug-likeness (QED) is 0.371. The first kappa shape index (κ1) is 21.8. The number of anilines is 1. The number of ether oxygens (including phenoxy) is 2. The molecule has 0 bridgehead atoms. The summed E-state index contributed by atoms with van der Waals surface area (Å²) in [7, 11) is 1.63. The second kappa shape index (κ2) is 9.01. The maximum absolute atomic E-state index is 12.6. The lowest BCUT2D eigenvalue weighted by Gasteiger charge is -2.19. The Balaban J connectivity index is 1.36. The van der Waals surface area contributed by atoms with Gasteiger partial charge >= 0.3 is 0 Å². The summed E-state index contributed by atoms with van der Waals surface area (Å²) in [6.45, 7) is 7.01. The molecule has 4 rings (SSSR count). The predicted octanol–water partition coefficient (Wildman–Crippen LogP) is 6.43. The largest absolute Gasteiger partial charge is 0.497 e. The van der Waals surface area contributed by atoms with E-state index in [4.69, 9.17) is 9.47 Å². The first-order chi connectivity index (χ1) is 15.3. The molecular formula is C26H26N2O3S. The molecule has 0 saturated carbocycles. The van der Waals surface area contributed by atoms with Crippen molar-refractivity contribution >= 4 is 32.6 Å². The van der Waals surface area contributed by atoms with Gasteiger partial charge in [-0.1, -0.05) is 56.4 Å². The molecule has 6 heteroatoms. The molecule has 32 heavy (non-hydrogen) atoms. The van der Waals surface area contributed by atoms with Crippen LogP contribution in [0.3, 0.4) is 0 Å². The fourth-order valence-electron chi connectivity index (χ4n) is 3.22. The average Bonchev–Trinajstić information content (AvgIpc) is 3.19. The van der Waals surface area contributed by atoms with Crippen LogP contribution in [0.25, 0.3) is 10.2 Å².